The molecule has 0 atom stereocenters. The predicted molar refractivity (Wildman–Crippen MR) is 62.4 cm³/mol. The molecule has 0 aliphatic rings. The van der Waals surface area contributed by atoms with Gasteiger partial charge in [0.05, 0.1) is 11.8 Å². The molecular weight excluding hydrogens is 232 g/mol. The van der Waals surface area contributed by atoms with Crippen molar-refractivity contribution >= 4 is 0 Å². The molecule has 1 aromatic carbocycles. The number of aromatic hydroxyl groups is 1. The van der Waals surface area contributed by atoms with E-state index in [-0.39, 0.29) is 11.6 Å². The van der Waals surface area contributed by atoms with E-state index in [0.29, 0.717) is 17.1 Å². The van der Waals surface area contributed by atoms with Gasteiger partial charge in [-0.05, 0) is 12.1 Å². The summed E-state index contributed by atoms with van der Waals surface area (Å²) in [5.41, 5.74) is 1.00. The molecule has 6 heteroatoms. The molecule has 2 heterocycles. The minimum absolute atomic E-state index is 0.0897. The van der Waals surface area contributed by atoms with Crippen molar-refractivity contribution in [1.29, 1.82) is 0 Å². The predicted octanol–water partition coefficient (Wildman–Crippen LogP) is 1.90. The van der Waals surface area contributed by atoms with Gasteiger partial charge in [0.25, 0.3) is 5.89 Å². The molecule has 0 bridgehead atoms. The Bertz CT molecular complexity index is 667. The van der Waals surface area contributed by atoms with Crippen LogP contribution in [0.15, 0.2) is 47.4 Å². The highest BCUT2D eigenvalue weighted by Crippen LogP contribution is 2.28. The third-order valence-corrected chi connectivity index (χ3v) is 2.35. The summed E-state index contributed by atoms with van der Waals surface area (Å²) in [4.78, 5) is 12.2. The van der Waals surface area contributed by atoms with Crippen molar-refractivity contribution in [2.75, 3.05) is 0 Å². The quantitative estimate of drug-likeness (QED) is 0.736. The van der Waals surface area contributed by atoms with Gasteiger partial charge >= 0.3 is 0 Å². The Labute approximate surface area is 102 Å². The second-order valence-corrected chi connectivity index (χ2v) is 3.53. The molecule has 0 amide bonds. The Kier molecular flexibility index (Phi) is 2.45. The lowest BCUT2D eigenvalue weighted by Crippen LogP contribution is -1.86. The largest absolute Gasteiger partial charge is 0.507 e. The second kappa shape index (κ2) is 4.25. The molecule has 0 spiro atoms. The van der Waals surface area contributed by atoms with Crippen LogP contribution >= 0.6 is 0 Å². The van der Waals surface area contributed by atoms with Crippen molar-refractivity contribution in [1.82, 2.24) is 20.1 Å². The molecule has 0 fully saturated rings. The number of para-hydroxylation sites is 1. The highest BCUT2D eigenvalue weighted by atomic mass is 16.5. The average Bonchev–Trinajstić information content (AvgIpc) is 2.90. The molecular formula is C12H8N4O2. The lowest BCUT2D eigenvalue weighted by Gasteiger charge is -1.96. The van der Waals surface area contributed by atoms with E-state index in [0.717, 1.165) is 0 Å². The maximum atomic E-state index is 9.69. The topological polar surface area (TPSA) is 84.9 Å². The molecule has 2 aromatic heterocycles. The Morgan fingerprint density at radius 3 is 2.78 bits per heavy atom. The SMILES string of the molecule is Oc1ccccc1-c1nc(-c2cnccn2)no1. The monoisotopic (exact) mass is 240 g/mol. The molecule has 0 radical (unpaired) electrons. The van der Waals surface area contributed by atoms with Crippen LogP contribution in [0.25, 0.3) is 23.0 Å². The number of nitrogens with zero attached hydrogens (tertiary/aromatic N) is 4. The minimum Gasteiger partial charge on any atom is -0.507 e. The van der Waals surface area contributed by atoms with Crippen molar-refractivity contribution in [3.05, 3.63) is 42.9 Å². The van der Waals surface area contributed by atoms with E-state index in [9.17, 15) is 5.11 Å². The maximum absolute atomic E-state index is 9.69. The Morgan fingerprint density at radius 2 is 2.00 bits per heavy atom. The van der Waals surface area contributed by atoms with Crippen LogP contribution in [-0.2, 0) is 0 Å². The fourth-order valence-electron chi connectivity index (χ4n) is 1.51. The summed E-state index contributed by atoms with van der Waals surface area (Å²) in [5.74, 6) is 0.668. The summed E-state index contributed by atoms with van der Waals surface area (Å²) >= 11 is 0. The van der Waals surface area contributed by atoms with Crippen LogP contribution in [0.4, 0.5) is 0 Å². The van der Waals surface area contributed by atoms with E-state index in [2.05, 4.69) is 20.1 Å². The molecule has 0 unspecified atom stereocenters. The van der Waals surface area contributed by atoms with E-state index in [1.165, 1.54) is 0 Å². The summed E-state index contributed by atoms with van der Waals surface area (Å²) in [6.07, 6.45) is 4.65. The molecule has 0 saturated heterocycles. The molecule has 0 saturated carbocycles. The number of hydrogen-bond acceptors (Lipinski definition) is 6. The number of phenolic OH excluding ortho intramolecular Hbond substituents is 1. The van der Waals surface area contributed by atoms with Crippen molar-refractivity contribution < 1.29 is 9.63 Å². The number of hydrogen-bond donors (Lipinski definition) is 1. The summed E-state index contributed by atoms with van der Waals surface area (Å²) in [6, 6.07) is 6.75. The Morgan fingerprint density at radius 1 is 1.11 bits per heavy atom. The average molecular weight is 240 g/mol. The first-order valence-corrected chi connectivity index (χ1v) is 5.23. The molecule has 88 valence electrons. The highest BCUT2D eigenvalue weighted by Gasteiger charge is 2.13. The van der Waals surface area contributed by atoms with Crippen LogP contribution in [0.2, 0.25) is 0 Å². The molecule has 3 aromatic rings. The normalized spacial score (nSPS) is 10.4. The van der Waals surface area contributed by atoms with Gasteiger partial charge in [-0.15, -0.1) is 0 Å². The van der Waals surface area contributed by atoms with Gasteiger partial charge in [0.1, 0.15) is 11.4 Å². The van der Waals surface area contributed by atoms with Crippen molar-refractivity contribution in [3.63, 3.8) is 0 Å². The van der Waals surface area contributed by atoms with Gasteiger partial charge in [-0.25, -0.2) is 4.98 Å². The van der Waals surface area contributed by atoms with Crippen LogP contribution in [0.3, 0.4) is 0 Å². The van der Waals surface area contributed by atoms with Gasteiger partial charge in [0.15, 0.2) is 0 Å². The molecule has 1 N–H and O–H groups in total. The number of benzene rings is 1. The van der Waals surface area contributed by atoms with E-state index < -0.39 is 0 Å². The van der Waals surface area contributed by atoms with Gasteiger partial charge < -0.3 is 9.63 Å². The molecule has 6 nitrogen and oxygen atoms in total. The maximum Gasteiger partial charge on any atom is 0.262 e. The second-order valence-electron chi connectivity index (χ2n) is 3.53. The van der Waals surface area contributed by atoms with Crippen LogP contribution in [0.1, 0.15) is 0 Å². The van der Waals surface area contributed by atoms with E-state index >= 15 is 0 Å². The minimum atomic E-state index is 0.0897. The zero-order valence-electron chi connectivity index (χ0n) is 9.19. The van der Waals surface area contributed by atoms with Gasteiger partial charge in [0, 0.05) is 12.4 Å². The molecule has 18 heavy (non-hydrogen) atoms. The highest BCUT2D eigenvalue weighted by molar-refractivity contribution is 5.63. The van der Waals surface area contributed by atoms with E-state index in [4.69, 9.17) is 4.52 Å². The Hall–Kier alpha value is -2.76. The number of phenols is 1. The first-order valence-electron chi connectivity index (χ1n) is 5.23. The standard InChI is InChI=1S/C12H8N4O2/c17-10-4-2-1-3-8(10)12-15-11(16-18-12)9-7-13-5-6-14-9/h1-7,17H. The van der Waals surface area contributed by atoms with Crippen molar-refractivity contribution in [2.45, 2.75) is 0 Å². The summed E-state index contributed by atoms with van der Waals surface area (Å²) in [5, 5.41) is 13.5. The summed E-state index contributed by atoms with van der Waals surface area (Å²) in [6.45, 7) is 0. The smallest absolute Gasteiger partial charge is 0.262 e. The summed E-state index contributed by atoms with van der Waals surface area (Å²) < 4.78 is 5.10. The van der Waals surface area contributed by atoms with Crippen molar-refractivity contribution in [2.24, 2.45) is 0 Å². The Balaban J connectivity index is 2.03. The number of rotatable bonds is 2. The zero-order valence-corrected chi connectivity index (χ0v) is 9.19. The lowest BCUT2D eigenvalue weighted by atomic mass is 10.2. The van der Waals surface area contributed by atoms with Crippen molar-refractivity contribution in [3.8, 4) is 28.7 Å². The lowest BCUT2D eigenvalue weighted by molar-refractivity contribution is 0.425. The molecule has 0 aliphatic heterocycles. The fourth-order valence-corrected chi connectivity index (χ4v) is 1.51. The van der Waals surface area contributed by atoms with Crippen LogP contribution in [0, 0.1) is 0 Å². The van der Waals surface area contributed by atoms with Crippen LogP contribution in [0.5, 0.6) is 5.75 Å². The zero-order chi connectivity index (χ0) is 12.4. The third kappa shape index (κ3) is 1.80. The van der Waals surface area contributed by atoms with Gasteiger partial charge in [0.2, 0.25) is 5.82 Å². The van der Waals surface area contributed by atoms with Gasteiger partial charge in [-0.3, -0.25) is 4.98 Å². The fraction of sp³-hybridized carbons (Fsp3) is 0. The first-order chi connectivity index (χ1) is 8.84. The van der Waals surface area contributed by atoms with Gasteiger partial charge in [-0.1, -0.05) is 17.3 Å². The van der Waals surface area contributed by atoms with E-state index in [1.807, 2.05) is 0 Å². The number of aromatic nitrogens is 4. The first kappa shape index (κ1) is 10.4. The van der Waals surface area contributed by atoms with E-state index in [1.54, 1.807) is 42.9 Å². The molecule has 0 aliphatic carbocycles. The third-order valence-electron chi connectivity index (χ3n) is 2.35. The van der Waals surface area contributed by atoms with Gasteiger partial charge in [-0.2, -0.15) is 4.98 Å². The molecule has 3 rings (SSSR count). The van der Waals surface area contributed by atoms with Crippen LogP contribution in [-0.4, -0.2) is 25.2 Å². The summed E-state index contributed by atoms with van der Waals surface area (Å²) in [7, 11) is 0. The van der Waals surface area contributed by atoms with Crippen LogP contribution < -0.4 is 0 Å².